The Labute approximate surface area is 243 Å². The van der Waals surface area contributed by atoms with Crippen molar-refractivity contribution in [1.82, 2.24) is 40.1 Å². The van der Waals surface area contributed by atoms with Crippen molar-refractivity contribution >= 4 is 39.9 Å². The van der Waals surface area contributed by atoms with E-state index >= 15 is 0 Å². The molecule has 0 saturated carbocycles. The molecule has 5 heterocycles. The molecule has 6 rings (SSSR count). The third-order valence-electron chi connectivity index (χ3n) is 6.97. The zero-order chi connectivity index (χ0) is 30.1. The minimum absolute atomic E-state index is 0.0925. The Kier molecular flexibility index (Phi) is 7.38. The number of imidazole rings is 1. The van der Waals surface area contributed by atoms with Gasteiger partial charge in [-0.2, -0.15) is 10.1 Å². The van der Waals surface area contributed by atoms with Crippen molar-refractivity contribution in [3.05, 3.63) is 47.9 Å². The van der Waals surface area contributed by atoms with E-state index in [1.54, 1.807) is 44.5 Å². The van der Waals surface area contributed by atoms with Crippen LogP contribution in [0, 0.1) is 11.3 Å². The maximum Gasteiger partial charge on any atom is 0.295 e. The number of nitriles is 1. The lowest BCUT2D eigenvalue weighted by Crippen LogP contribution is -2.23. The number of anilines is 5. The molecule has 0 amide bonds. The predicted octanol–water partition coefficient (Wildman–Crippen LogP) is 4.07. The molecule has 1 saturated heterocycles. The standard InChI is InChI=1S/C27H26F2N12O2/c1-40-38-25(37-39-40)15-5-4-6-16(23(15)43-3)31-17-11-21(34-26-22(17)35-27(36-26)24(28)29)33-20-8-7-19(18(12-30)32-20)41-10-9-14(13-41)42-2/h4-8,11,14,24H,9-10,13H2,1-3H3,(H3,31,32,33,34,35,36)/t14-/m0/s1. The van der Waals surface area contributed by atoms with Crippen LogP contribution in [0.15, 0.2) is 36.4 Å². The fourth-order valence-corrected chi connectivity index (χ4v) is 4.97. The molecule has 14 nitrogen and oxygen atoms in total. The Bertz CT molecular complexity index is 1830. The van der Waals surface area contributed by atoms with Crippen LogP contribution in [0.25, 0.3) is 22.6 Å². The van der Waals surface area contributed by atoms with E-state index in [2.05, 4.69) is 56.9 Å². The summed E-state index contributed by atoms with van der Waals surface area (Å²) in [5.74, 6) is 0.853. The molecule has 1 aliphatic rings. The van der Waals surface area contributed by atoms with Gasteiger partial charge in [-0.05, 0) is 35.9 Å². The molecular formula is C27H26F2N12O2. The first-order valence-electron chi connectivity index (χ1n) is 13.2. The lowest BCUT2D eigenvalue weighted by Gasteiger charge is -2.19. The summed E-state index contributed by atoms with van der Waals surface area (Å²) in [6, 6.07) is 12.6. The number of rotatable bonds is 9. The number of aryl methyl sites for hydroxylation is 1. The van der Waals surface area contributed by atoms with Crippen molar-refractivity contribution < 1.29 is 18.3 Å². The van der Waals surface area contributed by atoms with E-state index in [0.717, 1.165) is 13.0 Å². The number of halogens is 2. The van der Waals surface area contributed by atoms with Gasteiger partial charge in [-0.1, -0.05) is 6.07 Å². The molecular weight excluding hydrogens is 562 g/mol. The second kappa shape index (κ2) is 11.4. The Morgan fingerprint density at radius 2 is 1.95 bits per heavy atom. The summed E-state index contributed by atoms with van der Waals surface area (Å²) in [6.07, 6.45) is -1.89. The fourth-order valence-electron chi connectivity index (χ4n) is 4.97. The number of hydrogen-bond acceptors (Lipinski definition) is 12. The van der Waals surface area contributed by atoms with Crippen LogP contribution >= 0.6 is 0 Å². The van der Waals surface area contributed by atoms with Gasteiger partial charge in [0.25, 0.3) is 6.43 Å². The number of H-pyrrole nitrogens is 1. The number of tetrazole rings is 1. The average molecular weight is 589 g/mol. The first kappa shape index (κ1) is 27.7. The Hall–Kier alpha value is -5.43. The second-order valence-corrected chi connectivity index (χ2v) is 9.68. The van der Waals surface area contributed by atoms with Crippen molar-refractivity contribution in [2.24, 2.45) is 7.05 Å². The van der Waals surface area contributed by atoms with E-state index in [1.807, 2.05) is 6.07 Å². The third-order valence-corrected chi connectivity index (χ3v) is 6.97. The van der Waals surface area contributed by atoms with Gasteiger partial charge in [0.2, 0.25) is 5.82 Å². The molecule has 0 aliphatic carbocycles. The summed E-state index contributed by atoms with van der Waals surface area (Å²) in [5, 5.41) is 28.3. The van der Waals surface area contributed by atoms with Crippen molar-refractivity contribution in [3.63, 3.8) is 0 Å². The lowest BCUT2D eigenvalue weighted by molar-refractivity contribution is 0.121. The van der Waals surface area contributed by atoms with E-state index in [0.29, 0.717) is 46.6 Å². The minimum atomic E-state index is -2.84. The largest absolute Gasteiger partial charge is 0.494 e. The maximum absolute atomic E-state index is 13.6. The first-order valence-corrected chi connectivity index (χ1v) is 13.2. The van der Waals surface area contributed by atoms with Gasteiger partial charge in [0, 0.05) is 26.3 Å². The zero-order valence-corrected chi connectivity index (χ0v) is 23.3. The van der Waals surface area contributed by atoms with Gasteiger partial charge < -0.3 is 30.0 Å². The molecule has 0 bridgehead atoms. The number of alkyl halides is 2. The predicted molar refractivity (Wildman–Crippen MR) is 153 cm³/mol. The lowest BCUT2D eigenvalue weighted by atomic mass is 10.1. The van der Waals surface area contributed by atoms with E-state index in [9.17, 15) is 14.0 Å². The molecule has 5 aromatic rings. The average Bonchev–Trinajstić information content (AvgIpc) is 3.77. The van der Waals surface area contributed by atoms with E-state index in [-0.39, 0.29) is 28.8 Å². The normalized spacial score (nSPS) is 14.8. The number of benzene rings is 1. The zero-order valence-electron chi connectivity index (χ0n) is 23.3. The van der Waals surface area contributed by atoms with Crippen LogP contribution in [0.1, 0.15) is 24.4 Å². The van der Waals surface area contributed by atoms with Gasteiger partial charge in [0.15, 0.2) is 22.9 Å². The number of pyridine rings is 2. The van der Waals surface area contributed by atoms with Gasteiger partial charge in [0.05, 0.1) is 42.9 Å². The number of aromatic nitrogens is 8. The monoisotopic (exact) mass is 588 g/mol. The highest BCUT2D eigenvalue weighted by molar-refractivity contribution is 5.92. The molecule has 1 aromatic carbocycles. The van der Waals surface area contributed by atoms with Crippen LogP contribution in [-0.4, -0.2) is 73.6 Å². The number of para-hydroxylation sites is 1. The molecule has 1 fully saturated rings. The smallest absolute Gasteiger partial charge is 0.295 e. The molecule has 16 heteroatoms. The van der Waals surface area contributed by atoms with Gasteiger partial charge >= 0.3 is 0 Å². The number of fused-ring (bicyclic) bond motifs is 1. The molecule has 0 unspecified atom stereocenters. The molecule has 220 valence electrons. The Morgan fingerprint density at radius 3 is 2.65 bits per heavy atom. The number of nitrogens with one attached hydrogen (secondary N) is 3. The molecule has 43 heavy (non-hydrogen) atoms. The van der Waals surface area contributed by atoms with Gasteiger partial charge in [-0.3, -0.25) is 0 Å². The van der Waals surface area contributed by atoms with Crippen LogP contribution in [0.4, 0.5) is 37.5 Å². The first-order chi connectivity index (χ1) is 20.9. The Balaban J connectivity index is 1.36. The third kappa shape index (κ3) is 5.45. The highest BCUT2D eigenvalue weighted by Crippen LogP contribution is 2.38. The number of nitrogens with zero attached hydrogens (tertiary/aromatic N) is 9. The van der Waals surface area contributed by atoms with Crippen LogP contribution in [-0.2, 0) is 11.8 Å². The summed E-state index contributed by atoms with van der Waals surface area (Å²) < 4.78 is 38.4. The van der Waals surface area contributed by atoms with Crippen LogP contribution < -0.4 is 20.3 Å². The number of aromatic amines is 1. The van der Waals surface area contributed by atoms with Crippen molar-refractivity contribution in [1.29, 1.82) is 5.26 Å². The van der Waals surface area contributed by atoms with Crippen molar-refractivity contribution in [2.75, 3.05) is 42.8 Å². The van der Waals surface area contributed by atoms with Crippen LogP contribution in [0.2, 0.25) is 0 Å². The minimum Gasteiger partial charge on any atom is -0.494 e. The van der Waals surface area contributed by atoms with Crippen LogP contribution in [0.3, 0.4) is 0 Å². The van der Waals surface area contributed by atoms with Gasteiger partial charge in [0.1, 0.15) is 23.2 Å². The van der Waals surface area contributed by atoms with E-state index in [1.165, 1.54) is 11.9 Å². The fraction of sp³-hybridized carbons (Fsp3) is 0.296. The molecule has 1 aliphatic heterocycles. The van der Waals surface area contributed by atoms with Gasteiger partial charge in [-0.15, -0.1) is 10.2 Å². The maximum atomic E-state index is 13.6. The summed E-state index contributed by atoms with van der Waals surface area (Å²) >= 11 is 0. The highest BCUT2D eigenvalue weighted by Gasteiger charge is 2.25. The SMILES string of the molecule is COc1c(Nc2cc(Nc3ccc(N4CC[C@H](OC)C4)c(C#N)n3)nc3[nH]c(C(F)F)nc23)cccc1-c1nnn(C)n1. The summed E-state index contributed by atoms with van der Waals surface area (Å²) in [5.41, 5.74) is 2.68. The summed E-state index contributed by atoms with van der Waals surface area (Å²) in [6.45, 7) is 1.41. The van der Waals surface area contributed by atoms with Crippen molar-refractivity contribution in [3.8, 4) is 23.2 Å². The Morgan fingerprint density at radius 1 is 1.09 bits per heavy atom. The number of methoxy groups -OCH3 is 2. The quantitative estimate of drug-likeness (QED) is 0.226. The summed E-state index contributed by atoms with van der Waals surface area (Å²) in [4.78, 5) is 19.0. The summed E-state index contributed by atoms with van der Waals surface area (Å²) in [7, 11) is 4.82. The second-order valence-electron chi connectivity index (χ2n) is 9.68. The molecule has 0 spiro atoms. The van der Waals surface area contributed by atoms with Gasteiger partial charge in [-0.25, -0.2) is 23.7 Å². The topological polar surface area (TPSA) is 168 Å². The molecule has 0 radical (unpaired) electrons. The molecule has 1 atom stereocenters. The number of hydrogen-bond donors (Lipinski definition) is 3. The number of ether oxygens (including phenoxy) is 2. The van der Waals surface area contributed by atoms with Crippen molar-refractivity contribution in [2.45, 2.75) is 19.0 Å². The van der Waals surface area contributed by atoms with E-state index < -0.39 is 12.2 Å². The van der Waals surface area contributed by atoms with E-state index in [4.69, 9.17) is 9.47 Å². The molecule has 4 aromatic heterocycles. The highest BCUT2D eigenvalue weighted by atomic mass is 19.3. The van der Waals surface area contributed by atoms with Crippen LogP contribution in [0.5, 0.6) is 5.75 Å². The molecule has 3 N–H and O–H groups in total.